The molecule has 0 radical (unpaired) electrons. The summed E-state index contributed by atoms with van der Waals surface area (Å²) >= 11 is 1.31. The molecule has 0 saturated carbocycles. The van der Waals surface area contributed by atoms with Gasteiger partial charge in [-0.3, -0.25) is 4.79 Å². The van der Waals surface area contributed by atoms with Gasteiger partial charge in [0.2, 0.25) is 0 Å². The molecule has 3 N–H and O–H groups in total. The lowest BCUT2D eigenvalue weighted by molar-refractivity contribution is 0.0605. The Hall–Kier alpha value is -2.08. The van der Waals surface area contributed by atoms with Crippen LogP contribution in [-0.2, 0) is 12.8 Å². The van der Waals surface area contributed by atoms with Crippen LogP contribution in [0.4, 0.5) is 5.13 Å². The molecule has 1 amide bonds. The highest BCUT2D eigenvalue weighted by Gasteiger charge is 2.29. The van der Waals surface area contributed by atoms with Gasteiger partial charge in [0, 0.05) is 12.6 Å². The molecule has 2 heterocycles. The van der Waals surface area contributed by atoms with Crippen molar-refractivity contribution in [2.24, 2.45) is 0 Å². The number of carbonyl (C=O) groups excluding carboxylic acids is 1. The van der Waals surface area contributed by atoms with Crippen molar-refractivity contribution in [3.8, 4) is 5.75 Å². The summed E-state index contributed by atoms with van der Waals surface area (Å²) in [5.41, 5.74) is 7.82. The van der Waals surface area contributed by atoms with Crippen LogP contribution in [0.15, 0.2) is 24.3 Å². The van der Waals surface area contributed by atoms with Gasteiger partial charge < -0.3 is 15.7 Å². The van der Waals surface area contributed by atoms with Gasteiger partial charge in [-0.1, -0.05) is 30.4 Å². The summed E-state index contributed by atoms with van der Waals surface area (Å²) < 4.78 is 0. The number of carbonyl (C=O) groups is 1. The van der Waals surface area contributed by atoms with Crippen LogP contribution in [0.1, 0.15) is 53.5 Å². The molecule has 1 aromatic heterocycles. The third-order valence-corrected chi connectivity index (χ3v) is 5.75. The molecule has 134 valence electrons. The molecular formula is C19H25N3O2S. The third-order valence-electron chi connectivity index (χ3n) is 4.83. The van der Waals surface area contributed by atoms with E-state index >= 15 is 0 Å². The van der Waals surface area contributed by atoms with E-state index in [4.69, 9.17) is 5.73 Å². The molecule has 2 aromatic rings. The lowest BCUT2D eigenvalue weighted by Crippen LogP contribution is -2.44. The number of nitrogens with two attached hydrogens (primary N) is 1. The van der Waals surface area contributed by atoms with Gasteiger partial charge in [-0.25, -0.2) is 4.98 Å². The number of rotatable bonds is 5. The van der Waals surface area contributed by atoms with E-state index in [-0.39, 0.29) is 17.7 Å². The van der Waals surface area contributed by atoms with Gasteiger partial charge in [0.25, 0.3) is 5.91 Å². The van der Waals surface area contributed by atoms with Crippen LogP contribution < -0.4 is 5.73 Å². The number of hydrogen-bond acceptors (Lipinski definition) is 5. The van der Waals surface area contributed by atoms with E-state index in [9.17, 15) is 9.90 Å². The normalized spacial score (nSPS) is 17.6. The first-order valence-corrected chi connectivity index (χ1v) is 9.74. The maximum atomic E-state index is 13.1. The molecule has 1 aliphatic heterocycles. The number of aryl methyl sites for hydroxylation is 2. The van der Waals surface area contributed by atoms with Crippen molar-refractivity contribution < 1.29 is 9.90 Å². The predicted molar refractivity (Wildman–Crippen MR) is 101 cm³/mol. The molecule has 1 fully saturated rings. The first-order valence-electron chi connectivity index (χ1n) is 8.92. The number of phenols is 1. The van der Waals surface area contributed by atoms with Crippen molar-refractivity contribution in [3.05, 3.63) is 40.4 Å². The minimum atomic E-state index is 0.0847. The Kier molecular flexibility index (Phi) is 5.58. The van der Waals surface area contributed by atoms with Crippen LogP contribution in [0, 0.1) is 0 Å². The van der Waals surface area contributed by atoms with Gasteiger partial charge in [-0.15, -0.1) is 0 Å². The summed E-state index contributed by atoms with van der Waals surface area (Å²) in [6.07, 6.45) is 5.82. The van der Waals surface area contributed by atoms with Crippen molar-refractivity contribution >= 4 is 22.4 Å². The number of benzene rings is 1. The molecule has 5 nitrogen and oxygen atoms in total. The number of phenolic OH excluding ortho intramolecular Hbond substituents is 1. The highest BCUT2D eigenvalue weighted by Crippen LogP contribution is 2.28. The number of amides is 1. The van der Waals surface area contributed by atoms with Gasteiger partial charge in [-0.05, 0) is 56.2 Å². The minimum absolute atomic E-state index is 0.0847. The number of aromatic nitrogens is 1. The Morgan fingerprint density at radius 3 is 2.84 bits per heavy atom. The summed E-state index contributed by atoms with van der Waals surface area (Å²) in [6.45, 7) is 2.81. The molecule has 1 atom stereocenters. The van der Waals surface area contributed by atoms with Crippen LogP contribution in [0.3, 0.4) is 0 Å². The molecule has 0 spiro atoms. The zero-order valence-electron chi connectivity index (χ0n) is 14.6. The lowest BCUT2D eigenvalue weighted by Gasteiger charge is -2.36. The van der Waals surface area contributed by atoms with Gasteiger partial charge in [0.1, 0.15) is 10.6 Å². The zero-order valence-corrected chi connectivity index (χ0v) is 15.4. The van der Waals surface area contributed by atoms with E-state index in [0.717, 1.165) is 50.8 Å². The molecule has 1 aliphatic rings. The second-order valence-corrected chi connectivity index (χ2v) is 7.57. The van der Waals surface area contributed by atoms with Crippen molar-refractivity contribution in [3.63, 3.8) is 0 Å². The summed E-state index contributed by atoms with van der Waals surface area (Å²) in [7, 11) is 0. The summed E-state index contributed by atoms with van der Waals surface area (Å²) in [6, 6.07) is 7.58. The van der Waals surface area contributed by atoms with Crippen LogP contribution in [0.2, 0.25) is 0 Å². The van der Waals surface area contributed by atoms with E-state index in [1.54, 1.807) is 12.1 Å². The second-order valence-electron chi connectivity index (χ2n) is 6.53. The minimum Gasteiger partial charge on any atom is -0.508 e. The zero-order chi connectivity index (χ0) is 17.8. The van der Waals surface area contributed by atoms with Crippen molar-refractivity contribution in [2.75, 3.05) is 12.3 Å². The highest BCUT2D eigenvalue weighted by molar-refractivity contribution is 7.17. The van der Waals surface area contributed by atoms with Crippen molar-refractivity contribution in [1.29, 1.82) is 0 Å². The van der Waals surface area contributed by atoms with E-state index in [0.29, 0.717) is 10.0 Å². The Bertz CT molecular complexity index is 727. The molecule has 0 bridgehead atoms. The lowest BCUT2D eigenvalue weighted by atomic mass is 9.95. The van der Waals surface area contributed by atoms with E-state index in [2.05, 4.69) is 4.98 Å². The second kappa shape index (κ2) is 7.87. The standard InChI is InChI=1S/C19H25N3O2S/c1-2-16-17(25-19(20)21-16)18(24)22-12-4-3-5-14(22)9-6-13-7-10-15(23)11-8-13/h7-8,10-11,14,23H,2-6,9,12H2,1H3,(H2,20,21)/t14-/m1/s1. The predicted octanol–water partition coefficient (Wildman–Crippen LogP) is 3.62. The Balaban J connectivity index is 1.71. The topological polar surface area (TPSA) is 79.5 Å². The maximum absolute atomic E-state index is 13.1. The number of hydrogen-bond donors (Lipinski definition) is 2. The van der Waals surface area contributed by atoms with Crippen LogP contribution in [0.5, 0.6) is 5.75 Å². The fraction of sp³-hybridized carbons (Fsp3) is 0.474. The third kappa shape index (κ3) is 4.12. The van der Waals surface area contributed by atoms with E-state index < -0.39 is 0 Å². The number of anilines is 1. The largest absolute Gasteiger partial charge is 0.508 e. The quantitative estimate of drug-likeness (QED) is 0.854. The highest BCUT2D eigenvalue weighted by atomic mass is 32.1. The van der Waals surface area contributed by atoms with Crippen molar-refractivity contribution in [1.82, 2.24) is 9.88 Å². The fourth-order valence-corrected chi connectivity index (χ4v) is 4.35. The van der Waals surface area contributed by atoms with E-state index in [1.165, 1.54) is 16.9 Å². The summed E-state index contributed by atoms with van der Waals surface area (Å²) in [4.78, 5) is 20.1. The van der Waals surface area contributed by atoms with Gasteiger partial charge in [0.05, 0.1) is 5.69 Å². The SMILES string of the molecule is CCc1nc(N)sc1C(=O)N1CCCC[C@@H]1CCc1ccc(O)cc1. The molecule has 6 heteroatoms. The maximum Gasteiger partial charge on any atom is 0.266 e. The Morgan fingerprint density at radius 1 is 1.36 bits per heavy atom. The fourth-order valence-electron chi connectivity index (χ4n) is 3.47. The van der Waals surface area contributed by atoms with Gasteiger partial charge in [-0.2, -0.15) is 0 Å². The van der Waals surface area contributed by atoms with E-state index in [1.807, 2.05) is 24.0 Å². The number of thiazole rings is 1. The summed E-state index contributed by atoms with van der Waals surface area (Å²) in [5, 5.41) is 9.87. The number of likely N-dealkylation sites (tertiary alicyclic amines) is 1. The molecule has 0 unspecified atom stereocenters. The molecule has 25 heavy (non-hydrogen) atoms. The monoisotopic (exact) mass is 359 g/mol. The Morgan fingerprint density at radius 2 is 2.12 bits per heavy atom. The van der Waals surface area contributed by atoms with Gasteiger partial charge >= 0.3 is 0 Å². The molecule has 3 rings (SSSR count). The van der Waals surface area contributed by atoms with Crippen molar-refractivity contribution in [2.45, 2.75) is 51.5 Å². The first-order chi connectivity index (χ1) is 12.1. The average molecular weight is 359 g/mol. The number of nitrogen functional groups attached to an aromatic ring is 1. The van der Waals surface area contributed by atoms with Crippen LogP contribution in [-0.4, -0.2) is 33.5 Å². The number of piperidine rings is 1. The smallest absolute Gasteiger partial charge is 0.266 e. The molecular weight excluding hydrogens is 334 g/mol. The first kappa shape index (κ1) is 17.7. The number of aromatic hydroxyl groups is 1. The van der Waals surface area contributed by atoms with Gasteiger partial charge in [0.15, 0.2) is 5.13 Å². The molecule has 0 aliphatic carbocycles. The molecule has 1 saturated heterocycles. The Labute approximate surface area is 152 Å². The molecule has 1 aromatic carbocycles. The average Bonchev–Trinajstić information content (AvgIpc) is 3.02. The summed E-state index contributed by atoms with van der Waals surface area (Å²) in [5.74, 6) is 0.370. The number of nitrogens with zero attached hydrogens (tertiary/aromatic N) is 2. The van der Waals surface area contributed by atoms with Crippen LogP contribution >= 0.6 is 11.3 Å². The van der Waals surface area contributed by atoms with Crippen LogP contribution in [0.25, 0.3) is 0 Å².